The molecule has 0 radical (unpaired) electrons. The number of rotatable bonds is 15. The highest BCUT2D eigenvalue weighted by Crippen LogP contribution is 2.44. The maximum absolute atomic E-state index is 15.6. The molecular formula is C41H43FO10. The fourth-order valence-electron chi connectivity index (χ4n) is 7.24. The first kappa shape index (κ1) is 35.4. The Morgan fingerprint density at radius 2 is 0.962 bits per heavy atom. The van der Waals surface area contributed by atoms with E-state index < -0.39 is 73.9 Å². The molecule has 1 unspecified atom stereocenters. The van der Waals surface area contributed by atoms with Crippen molar-refractivity contribution in [2.24, 2.45) is 0 Å². The van der Waals surface area contributed by atoms with Gasteiger partial charge >= 0.3 is 0 Å². The van der Waals surface area contributed by atoms with Crippen molar-refractivity contribution in [2.75, 3.05) is 6.61 Å². The van der Waals surface area contributed by atoms with E-state index in [2.05, 4.69) is 0 Å². The van der Waals surface area contributed by atoms with Crippen LogP contribution in [0.5, 0.6) is 0 Å². The summed E-state index contributed by atoms with van der Waals surface area (Å²) in [7, 11) is 0. The lowest BCUT2D eigenvalue weighted by molar-refractivity contribution is -0.487. The van der Waals surface area contributed by atoms with Crippen LogP contribution in [0.15, 0.2) is 121 Å². The highest BCUT2D eigenvalue weighted by atomic mass is 19.1. The quantitative estimate of drug-likeness (QED) is 0.176. The van der Waals surface area contributed by atoms with Gasteiger partial charge in [0.05, 0.1) is 33.0 Å². The third-order valence-corrected chi connectivity index (χ3v) is 9.89. The topological polar surface area (TPSA) is 103 Å². The number of halogens is 1. The molecule has 1 aliphatic carbocycles. The van der Waals surface area contributed by atoms with Gasteiger partial charge in [-0.15, -0.1) is 0 Å². The van der Waals surface area contributed by atoms with Crippen LogP contribution in [0.2, 0.25) is 0 Å². The maximum atomic E-state index is 15.6. The van der Waals surface area contributed by atoms with Gasteiger partial charge in [-0.3, -0.25) is 0 Å². The number of ether oxygens (including phenoxy) is 9. The molecule has 11 heteroatoms. The minimum atomic E-state index is -1.64. The Morgan fingerprint density at radius 1 is 0.500 bits per heavy atom. The van der Waals surface area contributed by atoms with Crippen LogP contribution in [0.1, 0.15) is 22.3 Å². The lowest BCUT2D eigenvalue weighted by Gasteiger charge is -2.57. The number of hydrogen-bond acceptors (Lipinski definition) is 10. The van der Waals surface area contributed by atoms with Crippen LogP contribution in [0, 0.1) is 0 Å². The molecule has 1 saturated carbocycles. The Bertz CT molecular complexity index is 1650. The predicted molar refractivity (Wildman–Crippen MR) is 184 cm³/mol. The molecule has 4 heterocycles. The first-order valence-corrected chi connectivity index (χ1v) is 17.8. The van der Waals surface area contributed by atoms with Crippen molar-refractivity contribution in [1.82, 2.24) is 0 Å². The van der Waals surface area contributed by atoms with Crippen molar-refractivity contribution in [3.05, 3.63) is 144 Å². The normalized spacial score (nSPS) is 33.7. The van der Waals surface area contributed by atoms with E-state index in [0.29, 0.717) is 6.61 Å². The highest BCUT2D eigenvalue weighted by Gasteiger charge is 2.64. The monoisotopic (exact) mass is 714 g/mol. The van der Waals surface area contributed by atoms with Gasteiger partial charge in [-0.25, -0.2) is 4.39 Å². The smallest absolute Gasteiger partial charge is 0.273 e. The van der Waals surface area contributed by atoms with Crippen molar-refractivity contribution < 1.29 is 52.1 Å². The second-order valence-corrected chi connectivity index (χ2v) is 13.5. The molecule has 274 valence electrons. The molecule has 4 aliphatic heterocycles. The van der Waals surface area contributed by atoms with Crippen LogP contribution in [0.25, 0.3) is 0 Å². The molecule has 10 nitrogen and oxygen atoms in total. The summed E-state index contributed by atoms with van der Waals surface area (Å²) >= 11 is 0. The Morgan fingerprint density at radius 3 is 1.52 bits per heavy atom. The maximum Gasteiger partial charge on any atom is 0.273 e. The minimum Gasteiger partial charge on any atom is -0.387 e. The molecule has 5 fully saturated rings. The predicted octanol–water partition coefficient (Wildman–Crippen LogP) is 5.25. The second kappa shape index (κ2) is 16.6. The van der Waals surface area contributed by atoms with Gasteiger partial charge in [0.2, 0.25) is 0 Å². The van der Waals surface area contributed by atoms with Crippen LogP contribution >= 0.6 is 0 Å². The van der Waals surface area contributed by atoms with Crippen molar-refractivity contribution in [3.8, 4) is 0 Å². The molecule has 4 bridgehead atoms. The fraction of sp³-hybridized carbons (Fsp3) is 0.415. The van der Waals surface area contributed by atoms with E-state index in [1.54, 1.807) is 0 Å². The molecule has 4 aromatic carbocycles. The zero-order valence-electron chi connectivity index (χ0n) is 28.5. The van der Waals surface area contributed by atoms with Crippen molar-refractivity contribution in [2.45, 2.75) is 100 Å². The van der Waals surface area contributed by atoms with Gasteiger partial charge in [-0.05, 0) is 22.3 Å². The van der Waals surface area contributed by atoms with Gasteiger partial charge in [0.15, 0.2) is 12.5 Å². The summed E-state index contributed by atoms with van der Waals surface area (Å²) in [5.41, 5.74) is 3.86. The van der Waals surface area contributed by atoms with E-state index in [1.165, 1.54) is 0 Å². The third-order valence-electron chi connectivity index (χ3n) is 9.89. The Labute approximate surface area is 302 Å². The molecule has 1 N–H and O–H groups in total. The molecular weight excluding hydrogens is 671 g/mol. The lowest BCUT2D eigenvalue weighted by Crippen LogP contribution is -2.75. The standard InChI is InChI=1S/C41H43FO10/c42-31-34-32(43)36-38(35(31)51-41(50-34)52-36)49-40-39(47-24-29-19-11-4-12-20-29)37(46-23-28-17-9-3-10-18-28)33(45-22-27-15-7-2-8-16-27)30(48-40)25-44-21-26-13-5-1-6-14-26/h1-20,30-41,43H,21-25H2/t30-,31-,32+,33-,34-,35+,36-,37+,38+,39-,40+,41?/m1/s1. The number of aliphatic hydroxyl groups excluding tert-OH is 1. The molecule has 0 spiro atoms. The van der Waals surface area contributed by atoms with E-state index in [9.17, 15) is 5.11 Å². The lowest BCUT2D eigenvalue weighted by atomic mass is 9.83. The summed E-state index contributed by atoms with van der Waals surface area (Å²) in [6, 6.07) is 39.3. The third kappa shape index (κ3) is 7.99. The van der Waals surface area contributed by atoms with Gasteiger partial charge in [0.1, 0.15) is 54.9 Å². The Balaban J connectivity index is 1.12. The molecule has 4 aromatic rings. The SMILES string of the molecule is O[C@@H]1[C@H]2OC3O[C@@H]1[C@@H](F)[C@H](O3)[C@@H]2O[C@@H]1O[C@H](COCc2ccccc2)[C@@H](OCc2ccccc2)[C@H](OCc2ccccc2)[C@H]1OCc1ccccc1. The van der Waals surface area contributed by atoms with Crippen LogP contribution < -0.4 is 0 Å². The first-order chi connectivity index (χ1) is 25.6. The van der Waals surface area contributed by atoms with Crippen molar-refractivity contribution in [3.63, 3.8) is 0 Å². The number of aliphatic hydroxyl groups is 1. The van der Waals surface area contributed by atoms with Gasteiger partial charge in [0, 0.05) is 0 Å². The zero-order chi connectivity index (χ0) is 35.3. The summed E-state index contributed by atoms with van der Waals surface area (Å²) in [4.78, 5) is 0. The molecule has 12 atom stereocenters. The number of alkyl halides is 1. The zero-order valence-corrected chi connectivity index (χ0v) is 28.5. The highest BCUT2D eigenvalue weighted by molar-refractivity contribution is 5.17. The van der Waals surface area contributed by atoms with Gasteiger partial charge in [0.25, 0.3) is 6.48 Å². The van der Waals surface area contributed by atoms with E-state index in [0.717, 1.165) is 22.3 Å². The minimum absolute atomic E-state index is 0.127. The van der Waals surface area contributed by atoms with E-state index in [-0.39, 0.29) is 26.4 Å². The van der Waals surface area contributed by atoms with E-state index >= 15 is 4.39 Å². The average Bonchev–Trinajstić information content (AvgIpc) is 3.19. The molecule has 52 heavy (non-hydrogen) atoms. The Hall–Kier alpha value is -3.59. The Kier molecular flexibility index (Phi) is 11.3. The van der Waals surface area contributed by atoms with Crippen LogP contribution in [-0.4, -0.2) is 85.6 Å². The summed E-state index contributed by atoms with van der Waals surface area (Å²) < 4.78 is 72.5. The summed E-state index contributed by atoms with van der Waals surface area (Å²) in [6.45, 7) is 0.121. The number of benzene rings is 4. The largest absolute Gasteiger partial charge is 0.387 e. The van der Waals surface area contributed by atoms with E-state index in [1.807, 2.05) is 121 Å². The van der Waals surface area contributed by atoms with Gasteiger partial charge < -0.3 is 47.7 Å². The summed E-state index contributed by atoms with van der Waals surface area (Å²) in [5, 5.41) is 11.0. The average molecular weight is 715 g/mol. The molecule has 4 saturated heterocycles. The molecule has 5 aliphatic rings. The number of hydrogen-bond donors (Lipinski definition) is 1. The van der Waals surface area contributed by atoms with Crippen LogP contribution in [0.3, 0.4) is 0 Å². The first-order valence-electron chi connectivity index (χ1n) is 17.8. The molecule has 0 aromatic heterocycles. The van der Waals surface area contributed by atoms with Crippen LogP contribution in [-0.2, 0) is 69.1 Å². The van der Waals surface area contributed by atoms with Crippen LogP contribution in [0.4, 0.5) is 4.39 Å². The molecule has 9 rings (SSSR count). The van der Waals surface area contributed by atoms with Gasteiger partial charge in [-0.2, -0.15) is 0 Å². The van der Waals surface area contributed by atoms with E-state index in [4.69, 9.17) is 42.6 Å². The van der Waals surface area contributed by atoms with Crippen molar-refractivity contribution in [1.29, 1.82) is 0 Å². The summed E-state index contributed by atoms with van der Waals surface area (Å²) in [6.07, 6.45) is -11.1. The molecule has 0 amide bonds. The van der Waals surface area contributed by atoms with Gasteiger partial charge in [-0.1, -0.05) is 121 Å². The van der Waals surface area contributed by atoms with Crippen molar-refractivity contribution >= 4 is 0 Å². The second-order valence-electron chi connectivity index (χ2n) is 13.5. The summed E-state index contributed by atoms with van der Waals surface area (Å²) in [5.74, 6) is 0. The fourth-order valence-corrected chi connectivity index (χ4v) is 7.24.